The molecule has 0 radical (unpaired) electrons. The number of nitriles is 1. The second-order valence-corrected chi connectivity index (χ2v) is 3.90. The smallest absolute Gasteiger partial charge is 0.221 e. The summed E-state index contributed by atoms with van der Waals surface area (Å²) in [5.74, 6) is -0.0866. The number of rotatable bonds is 1. The number of hydrogen-bond acceptors (Lipinski definition) is 2. The van der Waals surface area contributed by atoms with Crippen LogP contribution in [0.5, 0.6) is 0 Å². The number of nitrogens with one attached hydrogen (secondary N) is 1. The van der Waals surface area contributed by atoms with Gasteiger partial charge in [-0.2, -0.15) is 5.26 Å². The molecule has 80 valence electrons. The SMILES string of the molecule is CC(=O)Nc1ccc(C)c2c1CC=C2C#N. The normalized spacial score (nSPS) is 12.7. The molecule has 1 aliphatic carbocycles. The first-order valence-corrected chi connectivity index (χ1v) is 5.14. The lowest BCUT2D eigenvalue weighted by atomic mass is 9.99. The van der Waals surface area contributed by atoms with Crippen LogP contribution in [0.4, 0.5) is 5.69 Å². The fourth-order valence-electron chi connectivity index (χ4n) is 2.07. The standard InChI is InChI=1S/C13H12N2O/c1-8-3-6-12(15-9(2)16)11-5-4-10(7-14)13(8)11/h3-4,6H,5H2,1-2H3,(H,15,16). The van der Waals surface area contributed by atoms with E-state index in [-0.39, 0.29) is 5.91 Å². The monoisotopic (exact) mass is 212 g/mol. The molecule has 0 fully saturated rings. The number of carbonyl (C=O) groups excluding carboxylic acids is 1. The van der Waals surface area contributed by atoms with Gasteiger partial charge in [0.15, 0.2) is 0 Å². The zero-order chi connectivity index (χ0) is 11.7. The van der Waals surface area contributed by atoms with Crippen molar-refractivity contribution >= 4 is 17.2 Å². The zero-order valence-electron chi connectivity index (χ0n) is 9.29. The van der Waals surface area contributed by atoms with Crippen molar-refractivity contribution in [2.45, 2.75) is 20.3 Å². The number of hydrogen-bond donors (Lipinski definition) is 1. The Labute approximate surface area is 94.4 Å². The molecular weight excluding hydrogens is 200 g/mol. The average molecular weight is 212 g/mol. The molecule has 0 spiro atoms. The maximum absolute atomic E-state index is 11.1. The summed E-state index contributed by atoms with van der Waals surface area (Å²) in [7, 11) is 0. The van der Waals surface area contributed by atoms with Crippen LogP contribution in [0.3, 0.4) is 0 Å². The number of amides is 1. The van der Waals surface area contributed by atoms with Crippen molar-refractivity contribution in [2.75, 3.05) is 5.32 Å². The maximum atomic E-state index is 11.1. The molecule has 2 rings (SSSR count). The van der Waals surface area contributed by atoms with Crippen molar-refractivity contribution < 1.29 is 4.79 Å². The van der Waals surface area contributed by atoms with Crippen LogP contribution in [0, 0.1) is 18.3 Å². The lowest BCUT2D eigenvalue weighted by molar-refractivity contribution is -0.114. The Morgan fingerprint density at radius 1 is 1.50 bits per heavy atom. The van der Waals surface area contributed by atoms with E-state index in [9.17, 15) is 4.79 Å². The molecule has 0 aromatic heterocycles. The van der Waals surface area contributed by atoms with E-state index in [2.05, 4.69) is 11.4 Å². The molecule has 0 saturated carbocycles. The third-order valence-electron chi connectivity index (χ3n) is 2.73. The number of anilines is 1. The van der Waals surface area contributed by atoms with E-state index in [1.54, 1.807) is 0 Å². The van der Waals surface area contributed by atoms with Gasteiger partial charge in [0, 0.05) is 18.2 Å². The van der Waals surface area contributed by atoms with Crippen LogP contribution in [0.15, 0.2) is 18.2 Å². The Bertz CT molecular complexity index is 536. The summed E-state index contributed by atoms with van der Waals surface area (Å²) in [6, 6.07) is 6.01. The van der Waals surface area contributed by atoms with Crippen molar-refractivity contribution in [1.29, 1.82) is 5.26 Å². The zero-order valence-corrected chi connectivity index (χ0v) is 9.29. The van der Waals surface area contributed by atoms with E-state index in [4.69, 9.17) is 5.26 Å². The highest BCUT2D eigenvalue weighted by molar-refractivity contribution is 5.93. The van der Waals surface area contributed by atoms with Crippen molar-refractivity contribution in [3.05, 3.63) is 34.9 Å². The first-order chi connectivity index (χ1) is 7.63. The summed E-state index contributed by atoms with van der Waals surface area (Å²) in [6.45, 7) is 3.46. The summed E-state index contributed by atoms with van der Waals surface area (Å²) >= 11 is 0. The first-order valence-electron chi connectivity index (χ1n) is 5.14. The predicted octanol–water partition coefficient (Wildman–Crippen LogP) is 2.42. The van der Waals surface area contributed by atoms with Crippen LogP contribution >= 0.6 is 0 Å². The van der Waals surface area contributed by atoms with Crippen molar-refractivity contribution in [3.8, 4) is 6.07 Å². The summed E-state index contributed by atoms with van der Waals surface area (Å²) in [6.07, 6.45) is 2.62. The molecule has 0 atom stereocenters. The maximum Gasteiger partial charge on any atom is 0.221 e. The minimum absolute atomic E-state index is 0.0866. The largest absolute Gasteiger partial charge is 0.326 e. The minimum Gasteiger partial charge on any atom is -0.326 e. The topological polar surface area (TPSA) is 52.9 Å². The van der Waals surface area contributed by atoms with Crippen LogP contribution in [0.2, 0.25) is 0 Å². The van der Waals surface area contributed by atoms with Crippen LogP contribution in [0.1, 0.15) is 23.6 Å². The summed E-state index contributed by atoms with van der Waals surface area (Å²) in [4.78, 5) is 11.1. The molecule has 0 heterocycles. The van der Waals surface area contributed by atoms with Gasteiger partial charge in [0.1, 0.15) is 0 Å². The van der Waals surface area contributed by atoms with Gasteiger partial charge in [-0.3, -0.25) is 4.79 Å². The van der Waals surface area contributed by atoms with Gasteiger partial charge < -0.3 is 5.32 Å². The number of carbonyl (C=O) groups is 1. The minimum atomic E-state index is -0.0866. The molecule has 0 aliphatic heterocycles. The summed E-state index contributed by atoms with van der Waals surface area (Å²) in [5, 5.41) is 11.8. The average Bonchev–Trinajstić information content (AvgIpc) is 2.66. The molecule has 0 saturated heterocycles. The van der Waals surface area contributed by atoms with E-state index in [0.29, 0.717) is 5.57 Å². The van der Waals surface area contributed by atoms with E-state index >= 15 is 0 Å². The molecule has 1 aromatic rings. The van der Waals surface area contributed by atoms with Crippen LogP contribution in [-0.4, -0.2) is 5.91 Å². The van der Waals surface area contributed by atoms with E-state index in [1.807, 2.05) is 25.1 Å². The van der Waals surface area contributed by atoms with Gasteiger partial charge in [0.2, 0.25) is 5.91 Å². The second kappa shape index (κ2) is 3.82. The lowest BCUT2D eigenvalue weighted by Gasteiger charge is -2.11. The Kier molecular flexibility index (Phi) is 2.49. The number of allylic oxidation sites excluding steroid dienone is 2. The first kappa shape index (κ1) is 10.4. The number of nitrogens with zero attached hydrogens (tertiary/aromatic N) is 1. The Morgan fingerprint density at radius 3 is 2.88 bits per heavy atom. The fraction of sp³-hybridized carbons (Fsp3) is 0.231. The van der Waals surface area contributed by atoms with Gasteiger partial charge in [-0.1, -0.05) is 12.1 Å². The van der Waals surface area contributed by atoms with Crippen molar-refractivity contribution in [3.63, 3.8) is 0 Å². The van der Waals surface area contributed by atoms with E-state index < -0.39 is 0 Å². The van der Waals surface area contributed by atoms with Gasteiger partial charge in [-0.15, -0.1) is 0 Å². The third kappa shape index (κ3) is 1.59. The Balaban J connectivity index is 2.54. The van der Waals surface area contributed by atoms with Crippen LogP contribution < -0.4 is 5.32 Å². The van der Waals surface area contributed by atoms with Gasteiger partial charge in [-0.25, -0.2) is 0 Å². The highest BCUT2D eigenvalue weighted by atomic mass is 16.1. The van der Waals surface area contributed by atoms with Gasteiger partial charge in [0.25, 0.3) is 0 Å². The Hall–Kier alpha value is -2.08. The molecular formula is C13H12N2O. The molecule has 1 aromatic carbocycles. The summed E-state index contributed by atoms with van der Waals surface area (Å²) in [5.41, 5.74) is 4.63. The fourth-order valence-corrected chi connectivity index (χ4v) is 2.07. The van der Waals surface area contributed by atoms with Crippen LogP contribution in [-0.2, 0) is 11.2 Å². The summed E-state index contributed by atoms with van der Waals surface area (Å²) < 4.78 is 0. The van der Waals surface area contributed by atoms with Gasteiger partial charge in [0.05, 0.1) is 11.6 Å². The molecule has 16 heavy (non-hydrogen) atoms. The van der Waals surface area contributed by atoms with E-state index in [0.717, 1.165) is 28.8 Å². The van der Waals surface area contributed by atoms with Gasteiger partial charge in [-0.05, 0) is 30.5 Å². The van der Waals surface area contributed by atoms with E-state index in [1.165, 1.54) is 6.92 Å². The highest BCUT2D eigenvalue weighted by Crippen LogP contribution is 2.34. The second-order valence-electron chi connectivity index (χ2n) is 3.90. The molecule has 1 aliphatic rings. The molecule has 1 amide bonds. The number of benzene rings is 1. The number of aryl methyl sites for hydroxylation is 1. The third-order valence-corrected chi connectivity index (χ3v) is 2.73. The van der Waals surface area contributed by atoms with Gasteiger partial charge >= 0.3 is 0 Å². The predicted molar refractivity (Wildman–Crippen MR) is 62.8 cm³/mol. The highest BCUT2D eigenvalue weighted by Gasteiger charge is 2.19. The molecule has 3 heteroatoms. The Morgan fingerprint density at radius 2 is 2.25 bits per heavy atom. The molecule has 0 bridgehead atoms. The number of fused-ring (bicyclic) bond motifs is 1. The molecule has 0 unspecified atom stereocenters. The van der Waals surface area contributed by atoms with Crippen molar-refractivity contribution in [2.24, 2.45) is 0 Å². The molecule has 1 N–H and O–H groups in total. The van der Waals surface area contributed by atoms with Crippen LogP contribution in [0.25, 0.3) is 5.57 Å². The van der Waals surface area contributed by atoms with Crippen molar-refractivity contribution in [1.82, 2.24) is 0 Å². The lowest BCUT2D eigenvalue weighted by Crippen LogP contribution is -2.08. The molecule has 3 nitrogen and oxygen atoms in total. The quantitative estimate of drug-likeness (QED) is 0.777.